The van der Waals surface area contributed by atoms with Gasteiger partial charge in [-0.3, -0.25) is 0 Å². The van der Waals surface area contributed by atoms with E-state index in [1.165, 1.54) is 37.7 Å². The van der Waals surface area contributed by atoms with Crippen molar-refractivity contribution in [3.8, 4) is 0 Å². The predicted octanol–water partition coefficient (Wildman–Crippen LogP) is 4.48. The molecule has 0 radical (unpaired) electrons. The van der Waals surface area contributed by atoms with E-state index >= 15 is 0 Å². The van der Waals surface area contributed by atoms with Gasteiger partial charge in [0.15, 0.2) is 0 Å². The summed E-state index contributed by atoms with van der Waals surface area (Å²) in [4.78, 5) is 0. The molecule has 1 aromatic carbocycles. The number of rotatable bonds is 4. The lowest BCUT2D eigenvalue weighted by atomic mass is 9.80. The molecule has 3 rings (SSSR count). The predicted molar refractivity (Wildman–Crippen MR) is 81.2 cm³/mol. The van der Waals surface area contributed by atoms with E-state index in [0.29, 0.717) is 0 Å². The van der Waals surface area contributed by atoms with E-state index in [9.17, 15) is 0 Å². The molecule has 0 heterocycles. The summed E-state index contributed by atoms with van der Waals surface area (Å²) in [5.41, 5.74) is 3.03. The lowest BCUT2D eigenvalue weighted by Crippen LogP contribution is -2.38. The minimum atomic E-state index is 0.723. The summed E-state index contributed by atoms with van der Waals surface area (Å²) in [5, 5.41) is 3.79. The average molecular weight is 257 g/mol. The molecular formula is C18H27N. The highest BCUT2D eigenvalue weighted by molar-refractivity contribution is 5.29. The lowest BCUT2D eigenvalue weighted by molar-refractivity contribution is 0.227. The van der Waals surface area contributed by atoms with Crippen molar-refractivity contribution in [3.05, 3.63) is 35.4 Å². The zero-order chi connectivity index (χ0) is 13.2. The molecule has 1 aromatic rings. The molecule has 104 valence electrons. The molecule has 0 aliphatic heterocycles. The van der Waals surface area contributed by atoms with Crippen LogP contribution < -0.4 is 5.32 Å². The summed E-state index contributed by atoms with van der Waals surface area (Å²) < 4.78 is 0. The van der Waals surface area contributed by atoms with Crippen molar-refractivity contribution >= 4 is 0 Å². The Kier molecular flexibility index (Phi) is 3.93. The molecule has 3 unspecified atom stereocenters. The molecule has 2 saturated carbocycles. The zero-order valence-electron chi connectivity index (χ0n) is 12.4. The maximum Gasteiger partial charge on any atom is 0.0208 e. The Hall–Kier alpha value is -0.820. The first-order valence-electron chi connectivity index (χ1n) is 8.04. The fourth-order valence-electron chi connectivity index (χ4n) is 3.59. The van der Waals surface area contributed by atoms with Crippen molar-refractivity contribution in [1.29, 1.82) is 0 Å². The molecule has 3 atom stereocenters. The molecule has 0 bridgehead atoms. The normalized spacial score (nSPS) is 31.4. The van der Waals surface area contributed by atoms with Gasteiger partial charge in [0.25, 0.3) is 0 Å². The summed E-state index contributed by atoms with van der Waals surface area (Å²) in [6, 6.07) is 9.94. The minimum Gasteiger partial charge on any atom is -0.310 e. The molecule has 0 amide bonds. The number of hydrogen-bond donors (Lipinski definition) is 1. The Morgan fingerprint density at radius 3 is 2.68 bits per heavy atom. The molecule has 2 aliphatic carbocycles. The van der Waals surface area contributed by atoms with Crippen molar-refractivity contribution in [3.63, 3.8) is 0 Å². The van der Waals surface area contributed by atoms with Gasteiger partial charge in [0.2, 0.25) is 0 Å². The van der Waals surface area contributed by atoms with Gasteiger partial charge in [-0.15, -0.1) is 0 Å². The second-order valence-electron chi connectivity index (χ2n) is 6.90. The third-order valence-electron chi connectivity index (χ3n) is 5.00. The van der Waals surface area contributed by atoms with Gasteiger partial charge in [-0.05, 0) is 61.0 Å². The number of nitrogens with one attached hydrogen (secondary N) is 1. The third-order valence-corrected chi connectivity index (χ3v) is 5.00. The smallest absolute Gasteiger partial charge is 0.0208 e. The zero-order valence-corrected chi connectivity index (χ0v) is 12.4. The quantitative estimate of drug-likeness (QED) is 0.838. The van der Waals surface area contributed by atoms with Crippen LogP contribution in [0.5, 0.6) is 0 Å². The van der Waals surface area contributed by atoms with E-state index in [4.69, 9.17) is 0 Å². The van der Waals surface area contributed by atoms with E-state index in [-0.39, 0.29) is 0 Å². The van der Waals surface area contributed by atoms with Crippen molar-refractivity contribution in [2.45, 2.75) is 64.5 Å². The molecule has 0 saturated heterocycles. The molecule has 2 fully saturated rings. The largest absolute Gasteiger partial charge is 0.310 e. The second-order valence-corrected chi connectivity index (χ2v) is 6.90. The molecule has 1 nitrogen and oxygen atoms in total. The molecular weight excluding hydrogens is 230 g/mol. The summed E-state index contributed by atoms with van der Waals surface area (Å²) in [7, 11) is 0. The van der Waals surface area contributed by atoms with Crippen LogP contribution >= 0.6 is 0 Å². The lowest BCUT2D eigenvalue weighted by Gasteiger charge is -2.33. The molecule has 1 heteroatoms. The van der Waals surface area contributed by atoms with Crippen molar-refractivity contribution in [1.82, 2.24) is 5.32 Å². The first-order valence-corrected chi connectivity index (χ1v) is 8.04. The highest BCUT2D eigenvalue weighted by Gasteiger charge is 2.25. The van der Waals surface area contributed by atoms with Crippen LogP contribution in [0.25, 0.3) is 0 Å². The monoisotopic (exact) mass is 257 g/mol. The van der Waals surface area contributed by atoms with Gasteiger partial charge in [-0.1, -0.05) is 38.1 Å². The fraction of sp³-hybridized carbons (Fsp3) is 0.667. The topological polar surface area (TPSA) is 12.0 Å². The van der Waals surface area contributed by atoms with E-state index in [2.05, 4.69) is 43.4 Å². The Balaban J connectivity index is 1.55. The van der Waals surface area contributed by atoms with Crippen LogP contribution in [0.4, 0.5) is 0 Å². The summed E-state index contributed by atoms with van der Waals surface area (Å²) in [6.45, 7) is 5.85. The van der Waals surface area contributed by atoms with Crippen LogP contribution in [0, 0.1) is 11.8 Å². The minimum absolute atomic E-state index is 0.723. The highest BCUT2D eigenvalue weighted by Crippen LogP contribution is 2.40. The van der Waals surface area contributed by atoms with Crippen molar-refractivity contribution in [2.75, 3.05) is 0 Å². The van der Waals surface area contributed by atoms with Crippen molar-refractivity contribution < 1.29 is 0 Å². The molecule has 0 aromatic heterocycles. The summed E-state index contributed by atoms with van der Waals surface area (Å²) in [5.74, 6) is 2.62. The Labute approximate surface area is 117 Å². The summed E-state index contributed by atoms with van der Waals surface area (Å²) in [6.07, 6.45) is 6.93. The first kappa shape index (κ1) is 13.2. The SMILES string of the molecule is CC1CCC(NCc2cccc(C3CC3)c2)C(C)C1. The maximum absolute atomic E-state index is 3.79. The Bertz CT molecular complexity index is 421. The third kappa shape index (κ3) is 3.39. The van der Waals surface area contributed by atoms with Crippen LogP contribution in [0.2, 0.25) is 0 Å². The van der Waals surface area contributed by atoms with E-state index < -0.39 is 0 Å². The Morgan fingerprint density at radius 1 is 1.11 bits per heavy atom. The van der Waals surface area contributed by atoms with Gasteiger partial charge >= 0.3 is 0 Å². The second kappa shape index (κ2) is 5.66. The fourth-order valence-corrected chi connectivity index (χ4v) is 3.59. The van der Waals surface area contributed by atoms with Gasteiger partial charge in [0.05, 0.1) is 0 Å². The highest BCUT2D eigenvalue weighted by atomic mass is 14.9. The average Bonchev–Trinajstić information content (AvgIpc) is 3.22. The van der Waals surface area contributed by atoms with Crippen LogP contribution in [0.3, 0.4) is 0 Å². The maximum atomic E-state index is 3.79. The molecule has 1 N–H and O–H groups in total. The number of benzene rings is 1. The first-order chi connectivity index (χ1) is 9.22. The molecule has 19 heavy (non-hydrogen) atoms. The van der Waals surface area contributed by atoms with Gasteiger partial charge in [-0.25, -0.2) is 0 Å². The van der Waals surface area contributed by atoms with Crippen LogP contribution in [0.1, 0.15) is 63.0 Å². The molecule has 0 spiro atoms. The van der Waals surface area contributed by atoms with E-state index in [1.54, 1.807) is 5.56 Å². The van der Waals surface area contributed by atoms with Gasteiger partial charge < -0.3 is 5.32 Å². The van der Waals surface area contributed by atoms with Crippen LogP contribution in [0.15, 0.2) is 24.3 Å². The van der Waals surface area contributed by atoms with Gasteiger partial charge in [0, 0.05) is 12.6 Å². The molecule has 2 aliphatic rings. The van der Waals surface area contributed by atoms with E-state index in [1.807, 2.05) is 0 Å². The van der Waals surface area contributed by atoms with Crippen LogP contribution in [-0.2, 0) is 6.54 Å². The Morgan fingerprint density at radius 2 is 1.95 bits per heavy atom. The van der Waals surface area contributed by atoms with E-state index in [0.717, 1.165) is 30.3 Å². The summed E-state index contributed by atoms with van der Waals surface area (Å²) >= 11 is 0. The standard InChI is InChI=1S/C18H27N/c1-13-6-9-18(14(2)10-13)19-12-15-4-3-5-17(11-15)16-7-8-16/h3-5,11,13-14,16,18-19H,6-10,12H2,1-2H3. The van der Waals surface area contributed by atoms with Crippen molar-refractivity contribution in [2.24, 2.45) is 11.8 Å². The van der Waals surface area contributed by atoms with Crippen LogP contribution in [-0.4, -0.2) is 6.04 Å². The van der Waals surface area contributed by atoms with Gasteiger partial charge in [0.1, 0.15) is 0 Å². The van der Waals surface area contributed by atoms with Gasteiger partial charge in [-0.2, -0.15) is 0 Å². The number of hydrogen-bond acceptors (Lipinski definition) is 1.